The molecule has 0 aliphatic carbocycles. The molecule has 0 aromatic carbocycles. The predicted molar refractivity (Wildman–Crippen MR) is 58.3 cm³/mol. The zero-order valence-corrected chi connectivity index (χ0v) is 9.51. The minimum atomic E-state index is 0.518. The van der Waals surface area contributed by atoms with E-state index in [2.05, 4.69) is 19.2 Å². The summed E-state index contributed by atoms with van der Waals surface area (Å²) in [4.78, 5) is 0. The summed E-state index contributed by atoms with van der Waals surface area (Å²) in [6.45, 7) is 9.15. The number of piperidine rings is 1. The van der Waals surface area contributed by atoms with E-state index in [9.17, 15) is 0 Å². The van der Waals surface area contributed by atoms with Crippen LogP contribution in [0.2, 0.25) is 0 Å². The molecule has 0 spiro atoms. The van der Waals surface area contributed by atoms with Gasteiger partial charge in [-0.2, -0.15) is 0 Å². The molecule has 0 aromatic rings. The SMILES string of the molecule is CC(C)C1(CC2CCCNC2)COC1. The van der Waals surface area contributed by atoms with Crippen LogP contribution in [-0.4, -0.2) is 26.3 Å². The molecule has 82 valence electrons. The molecule has 1 unspecified atom stereocenters. The summed E-state index contributed by atoms with van der Waals surface area (Å²) in [7, 11) is 0. The molecular weight excluding hydrogens is 174 g/mol. The van der Waals surface area contributed by atoms with Crippen molar-refractivity contribution in [2.45, 2.75) is 33.1 Å². The Morgan fingerprint density at radius 3 is 2.64 bits per heavy atom. The highest BCUT2D eigenvalue weighted by Crippen LogP contribution is 2.42. The molecule has 2 aliphatic rings. The second-order valence-corrected chi connectivity index (χ2v) is 5.43. The number of hydrogen-bond donors (Lipinski definition) is 1. The van der Waals surface area contributed by atoms with Gasteiger partial charge < -0.3 is 10.1 Å². The summed E-state index contributed by atoms with van der Waals surface area (Å²) in [5, 5.41) is 3.50. The third-order valence-electron chi connectivity index (χ3n) is 4.10. The van der Waals surface area contributed by atoms with Gasteiger partial charge in [0.05, 0.1) is 13.2 Å². The van der Waals surface area contributed by atoms with Crippen molar-refractivity contribution in [1.29, 1.82) is 0 Å². The van der Waals surface area contributed by atoms with E-state index in [1.807, 2.05) is 0 Å². The van der Waals surface area contributed by atoms with E-state index in [0.29, 0.717) is 5.41 Å². The van der Waals surface area contributed by atoms with E-state index in [0.717, 1.165) is 25.0 Å². The molecule has 1 atom stereocenters. The minimum Gasteiger partial charge on any atom is -0.380 e. The number of ether oxygens (including phenoxy) is 1. The Hall–Kier alpha value is -0.0800. The first-order valence-corrected chi connectivity index (χ1v) is 6.01. The Labute approximate surface area is 87.4 Å². The Morgan fingerprint density at radius 1 is 1.43 bits per heavy atom. The average molecular weight is 197 g/mol. The van der Waals surface area contributed by atoms with E-state index in [1.54, 1.807) is 0 Å². The van der Waals surface area contributed by atoms with E-state index in [4.69, 9.17) is 4.74 Å². The van der Waals surface area contributed by atoms with Crippen molar-refractivity contribution in [3.63, 3.8) is 0 Å². The molecule has 2 aliphatic heterocycles. The highest BCUT2D eigenvalue weighted by molar-refractivity contribution is 4.91. The molecule has 1 N–H and O–H groups in total. The summed E-state index contributed by atoms with van der Waals surface area (Å²) in [5.41, 5.74) is 0.518. The second-order valence-electron chi connectivity index (χ2n) is 5.43. The second kappa shape index (κ2) is 4.19. The van der Waals surface area contributed by atoms with Gasteiger partial charge in [-0.05, 0) is 44.2 Å². The van der Waals surface area contributed by atoms with Crippen LogP contribution in [0.1, 0.15) is 33.1 Å². The van der Waals surface area contributed by atoms with Crippen LogP contribution in [0.5, 0.6) is 0 Å². The lowest BCUT2D eigenvalue weighted by atomic mass is 9.68. The maximum Gasteiger partial charge on any atom is 0.0547 e. The van der Waals surface area contributed by atoms with Gasteiger partial charge in [0.1, 0.15) is 0 Å². The topological polar surface area (TPSA) is 21.3 Å². The van der Waals surface area contributed by atoms with E-state index < -0.39 is 0 Å². The van der Waals surface area contributed by atoms with Gasteiger partial charge in [-0.15, -0.1) is 0 Å². The van der Waals surface area contributed by atoms with Crippen molar-refractivity contribution in [3.8, 4) is 0 Å². The Bertz CT molecular complexity index is 181. The molecule has 0 saturated carbocycles. The molecular formula is C12H23NO. The lowest BCUT2D eigenvalue weighted by Crippen LogP contribution is -2.49. The Kier molecular flexibility index (Phi) is 3.13. The lowest BCUT2D eigenvalue weighted by Gasteiger charge is -2.47. The summed E-state index contributed by atoms with van der Waals surface area (Å²) >= 11 is 0. The number of nitrogens with one attached hydrogen (secondary N) is 1. The van der Waals surface area contributed by atoms with Crippen LogP contribution in [-0.2, 0) is 4.74 Å². The van der Waals surface area contributed by atoms with Crippen LogP contribution in [0.25, 0.3) is 0 Å². The number of rotatable bonds is 3. The first kappa shape index (κ1) is 10.4. The predicted octanol–water partition coefficient (Wildman–Crippen LogP) is 2.05. The summed E-state index contributed by atoms with van der Waals surface area (Å²) in [6, 6.07) is 0. The fourth-order valence-corrected chi connectivity index (χ4v) is 2.72. The van der Waals surface area contributed by atoms with Gasteiger partial charge in [0.25, 0.3) is 0 Å². The van der Waals surface area contributed by atoms with Gasteiger partial charge in [0.15, 0.2) is 0 Å². The van der Waals surface area contributed by atoms with Crippen LogP contribution in [0, 0.1) is 17.3 Å². The molecule has 2 heterocycles. The van der Waals surface area contributed by atoms with Crippen LogP contribution < -0.4 is 5.32 Å². The molecule has 2 rings (SSSR count). The molecule has 0 radical (unpaired) electrons. The molecule has 2 heteroatoms. The first-order chi connectivity index (χ1) is 6.73. The minimum absolute atomic E-state index is 0.518. The average Bonchev–Trinajstić information content (AvgIpc) is 2.12. The Balaban J connectivity index is 1.87. The lowest BCUT2D eigenvalue weighted by molar-refractivity contribution is -0.151. The summed E-state index contributed by atoms with van der Waals surface area (Å²) < 4.78 is 5.42. The van der Waals surface area contributed by atoms with E-state index in [1.165, 1.54) is 32.4 Å². The van der Waals surface area contributed by atoms with Gasteiger partial charge in [-0.25, -0.2) is 0 Å². The van der Waals surface area contributed by atoms with Crippen LogP contribution >= 0.6 is 0 Å². The van der Waals surface area contributed by atoms with Gasteiger partial charge in [0, 0.05) is 5.41 Å². The van der Waals surface area contributed by atoms with Crippen molar-refractivity contribution in [2.75, 3.05) is 26.3 Å². The molecule has 0 aromatic heterocycles. The molecule has 0 amide bonds. The van der Waals surface area contributed by atoms with E-state index >= 15 is 0 Å². The van der Waals surface area contributed by atoms with Gasteiger partial charge in [0.2, 0.25) is 0 Å². The quantitative estimate of drug-likeness (QED) is 0.747. The van der Waals surface area contributed by atoms with Crippen molar-refractivity contribution >= 4 is 0 Å². The van der Waals surface area contributed by atoms with Gasteiger partial charge in [-0.1, -0.05) is 13.8 Å². The highest BCUT2D eigenvalue weighted by Gasteiger charge is 2.42. The molecule has 2 saturated heterocycles. The molecule has 2 nitrogen and oxygen atoms in total. The van der Waals surface area contributed by atoms with E-state index in [-0.39, 0.29) is 0 Å². The van der Waals surface area contributed by atoms with Crippen LogP contribution in [0.4, 0.5) is 0 Å². The van der Waals surface area contributed by atoms with Crippen molar-refractivity contribution in [3.05, 3.63) is 0 Å². The van der Waals surface area contributed by atoms with Crippen molar-refractivity contribution < 1.29 is 4.74 Å². The summed E-state index contributed by atoms with van der Waals surface area (Å²) in [6.07, 6.45) is 4.15. The third-order valence-corrected chi connectivity index (χ3v) is 4.10. The van der Waals surface area contributed by atoms with Crippen LogP contribution in [0.15, 0.2) is 0 Å². The van der Waals surface area contributed by atoms with Crippen LogP contribution in [0.3, 0.4) is 0 Å². The zero-order chi connectivity index (χ0) is 10.0. The maximum atomic E-state index is 5.42. The third kappa shape index (κ3) is 1.96. The first-order valence-electron chi connectivity index (χ1n) is 6.01. The fourth-order valence-electron chi connectivity index (χ4n) is 2.72. The smallest absolute Gasteiger partial charge is 0.0547 e. The largest absolute Gasteiger partial charge is 0.380 e. The maximum absolute atomic E-state index is 5.42. The summed E-state index contributed by atoms with van der Waals surface area (Å²) in [5.74, 6) is 1.67. The highest BCUT2D eigenvalue weighted by atomic mass is 16.5. The fraction of sp³-hybridized carbons (Fsp3) is 1.00. The Morgan fingerprint density at radius 2 is 2.21 bits per heavy atom. The standard InChI is InChI=1S/C12H23NO/c1-10(2)12(8-14-9-12)6-11-4-3-5-13-7-11/h10-11,13H,3-9H2,1-2H3. The van der Waals surface area contributed by atoms with Crippen molar-refractivity contribution in [2.24, 2.45) is 17.3 Å². The zero-order valence-electron chi connectivity index (χ0n) is 9.51. The molecule has 0 bridgehead atoms. The van der Waals surface area contributed by atoms with Gasteiger partial charge in [-0.3, -0.25) is 0 Å². The number of hydrogen-bond acceptors (Lipinski definition) is 2. The van der Waals surface area contributed by atoms with Gasteiger partial charge >= 0.3 is 0 Å². The van der Waals surface area contributed by atoms with Crippen molar-refractivity contribution in [1.82, 2.24) is 5.32 Å². The monoisotopic (exact) mass is 197 g/mol. The molecule has 2 fully saturated rings. The normalized spacial score (nSPS) is 31.5. The molecule has 14 heavy (non-hydrogen) atoms.